The second-order valence-corrected chi connectivity index (χ2v) is 4.65. The first-order chi connectivity index (χ1) is 8.50. The van der Waals surface area contributed by atoms with Gasteiger partial charge >= 0.3 is 5.97 Å². The third kappa shape index (κ3) is 4.57. The van der Waals surface area contributed by atoms with E-state index in [1.165, 1.54) is 0 Å². The number of hydrogen-bond donors (Lipinski definition) is 1. The molecule has 1 rings (SSSR count). The van der Waals surface area contributed by atoms with Crippen LogP contribution in [0.4, 0.5) is 0 Å². The lowest BCUT2D eigenvalue weighted by Crippen LogP contribution is -2.35. The molecule has 0 heterocycles. The molecule has 1 aromatic carbocycles. The molecular formula is C14H19NO3. The molecule has 1 N–H and O–H groups in total. The fourth-order valence-corrected chi connectivity index (χ4v) is 1.71. The summed E-state index contributed by atoms with van der Waals surface area (Å²) in [6.07, 6.45) is -0.0225. The Bertz CT molecular complexity index is 401. The normalized spacial score (nSPS) is 10.4. The molecule has 0 aromatic heterocycles. The highest BCUT2D eigenvalue weighted by molar-refractivity contribution is 5.94. The Morgan fingerprint density at radius 2 is 1.83 bits per heavy atom. The lowest BCUT2D eigenvalue weighted by Gasteiger charge is -2.24. The number of hydrogen-bond acceptors (Lipinski definition) is 2. The number of carbonyl (C=O) groups excluding carboxylic acids is 1. The average Bonchev–Trinajstić information content (AvgIpc) is 2.34. The van der Waals surface area contributed by atoms with Gasteiger partial charge < -0.3 is 10.0 Å². The van der Waals surface area contributed by atoms with E-state index in [1.54, 1.807) is 29.2 Å². The Morgan fingerprint density at radius 3 is 2.33 bits per heavy atom. The summed E-state index contributed by atoms with van der Waals surface area (Å²) in [5.41, 5.74) is 0.600. The van der Waals surface area contributed by atoms with Gasteiger partial charge in [-0.1, -0.05) is 32.0 Å². The zero-order valence-corrected chi connectivity index (χ0v) is 10.8. The van der Waals surface area contributed by atoms with Crippen molar-refractivity contribution in [2.45, 2.75) is 20.3 Å². The number of carbonyl (C=O) groups is 2. The summed E-state index contributed by atoms with van der Waals surface area (Å²) < 4.78 is 0. The van der Waals surface area contributed by atoms with E-state index in [0.717, 1.165) is 0 Å². The summed E-state index contributed by atoms with van der Waals surface area (Å²) in [4.78, 5) is 24.4. The number of aliphatic carboxylic acids is 1. The van der Waals surface area contributed by atoms with Crippen LogP contribution in [0.1, 0.15) is 30.6 Å². The van der Waals surface area contributed by atoms with E-state index >= 15 is 0 Å². The molecule has 1 amide bonds. The first-order valence-electron chi connectivity index (χ1n) is 6.07. The number of amides is 1. The van der Waals surface area contributed by atoms with Crippen molar-refractivity contribution < 1.29 is 14.7 Å². The van der Waals surface area contributed by atoms with Gasteiger partial charge in [-0.05, 0) is 18.1 Å². The average molecular weight is 249 g/mol. The van der Waals surface area contributed by atoms with Gasteiger partial charge in [0.05, 0.1) is 6.42 Å². The van der Waals surface area contributed by atoms with E-state index in [9.17, 15) is 9.59 Å². The van der Waals surface area contributed by atoms with E-state index in [1.807, 2.05) is 19.9 Å². The van der Waals surface area contributed by atoms with E-state index < -0.39 is 5.97 Å². The minimum absolute atomic E-state index is 0.0225. The first-order valence-corrected chi connectivity index (χ1v) is 6.07. The molecule has 0 radical (unpaired) electrons. The van der Waals surface area contributed by atoms with Gasteiger partial charge in [-0.3, -0.25) is 9.59 Å². The van der Waals surface area contributed by atoms with Crippen LogP contribution >= 0.6 is 0 Å². The quantitative estimate of drug-likeness (QED) is 0.841. The van der Waals surface area contributed by atoms with Crippen LogP contribution in [0.25, 0.3) is 0 Å². The second-order valence-electron chi connectivity index (χ2n) is 4.65. The van der Waals surface area contributed by atoms with Crippen molar-refractivity contribution in [3.8, 4) is 0 Å². The van der Waals surface area contributed by atoms with E-state index in [-0.39, 0.29) is 18.9 Å². The Balaban J connectivity index is 2.75. The fraction of sp³-hybridized carbons (Fsp3) is 0.429. The third-order valence-electron chi connectivity index (χ3n) is 2.49. The van der Waals surface area contributed by atoms with Crippen LogP contribution in [0, 0.1) is 5.92 Å². The molecule has 4 heteroatoms. The third-order valence-corrected chi connectivity index (χ3v) is 2.49. The van der Waals surface area contributed by atoms with Gasteiger partial charge in [0.2, 0.25) is 0 Å². The minimum Gasteiger partial charge on any atom is -0.481 e. The number of carboxylic acid groups (broad SMARTS) is 1. The van der Waals surface area contributed by atoms with Crippen molar-refractivity contribution in [3.05, 3.63) is 35.9 Å². The molecule has 0 fully saturated rings. The zero-order valence-electron chi connectivity index (χ0n) is 10.8. The van der Waals surface area contributed by atoms with Crippen molar-refractivity contribution in [2.75, 3.05) is 13.1 Å². The van der Waals surface area contributed by atoms with Gasteiger partial charge in [-0.2, -0.15) is 0 Å². The summed E-state index contributed by atoms with van der Waals surface area (Å²) >= 11 is 0. The fourth-order valence-electron chi connectivity index (χ4n) is 1.71. The number of nitrogens with zero attached hydrogens (tertiary/aromatic N) is 1. The Labute approximate surface area is 107 Å². The Kier molecular flexibility index (Phi) is 5.36. The molecule has 0 atom stereocenters. The molecule has 4 nitrogen and oxygen atoms in total. The summed E-state index contributed by atoms with van der Waals surface area (Å²) in [6.45, 7) is 4.83. The molecule has 18 heavy (non-hydrogen) atoms. The molecule has 0 aliphatic carbocycles. The van der Waals surface area contributed by atoms with Crippen molar-refractivity contribution >= 4 is 11.9 Å². The van der Waals surface area contributed by atoms with Crippen molar-refractivity contribution in [1.29, 1.82) is 0 Å². The zero-order chi connectivity index (χ0) is 13.5. The molecule has 0 saturated carbocycles. The molecule has 0 unspecified atom stereocenters. The van der Waals surface area contributed by atoms with Crippen LogP contribution in [0.5, 0.6) is 0 Å². The molecule has 0 aliphatic rings. The number of benzene rings is 1. The van der Waals surface area contributed by atoms with E-state index in [4.69, 9.17) is 5.11 Å². The predicted octanol–water partition coefficient (Wildman–Crippen LogP) is 2.26. The molecule has 0 bridgehead atoms. The lowest BCUT2D eigenvalue weighted by molar-refractivity contribution is -0.137. The van der Waals surface area contributed by atoms with Crippen molar-refractivity contribution in [2.24, 2.45) is 5.92 Å². The molecule has 98 valence electrons. The van der Waals surface area contributed by atoms with Crippen molar-refractivity contribution in [1.82, 2.24) is 4.90 Å². The number of rotatable bonds is 6. The Morgan fingerprint density at radius 1 is 1.22 bits per heavy atom. The summed E-state index contributed by atoms with van der Waals surface area (Å²) in [5, 5.41) is 8.71. The molecule has 0 aliphatic heterocycles. The largest absolute Gasteiger partial charge is 0.481 e. The molecule has 1 aromatic rings. The SMILES string of the molecule is CC(C)CN(CCC(=O)O)C(=O)c1ccccc1. The van der Waals surface area contributed by atoms with Crippen LogP contribution in [-0.2, 0) is 4.79 Å². The maximum atomic E-state index is 12.2. The highest BCUT2D eigenvalue weighted by atomic mass is 16.4. The van der Waals surface area contributed by atoms with Gasteiger partial charge in [0.15, 0.2) is 0 Å². The molecular weight excluding hydrogens is 230 g/mol. The first kappa shape index (κ1) is 14.2. The summed E-state index contributed by atoms with van der Waals surface area (Å²) in [7, 11) is 0. The lowest BCUT2D eigenvalue weighted by atomic mass is 10.1. The van der Waals surface area contributed by atoms with Gasteiger partial charge in [0.25, 0.3) is 5.91 Å². The number of carboxylic acids is 1. The van der Waals surface area contributed by atoms with Crippen LogP contribution < -0.4 is 0 Å². The van der Waals surface area contributed by atoms with Gasteiger partial charge in [-0.15, -0.1) is 0 Å². The van der Waals surface area contributed by atoms with Crippen LogP contribution in [-0.4, -0.2) is 35.0 Å². The second kappa shape index (κ2) is 6.79. The maximum absolute atomic E-state index is 12.2. The minimum atomic E-state index is -0.885. The van der Waals surface area contributed by atoms with Gasteiger partial charge in [0.1, 0.15) is 0 Å². The maximum Gasteiger partial charge on any atom is 0.305 e. The van der Waals surface area contributed by atoms with Crippen LogP contribution in [0.2, 0.25) is 0 Å². The van der Waals surface area contributed by atoms with Crippen LogP contribution in [0.15, 0.2) is 30.3 Å². The van der Waals surface area contributed by atoms with E-state index in [0.29, 0.717) is 18.0 Å². The standard InChI is InChI=1S/C14H19NO3/c1-11(2)10-15(9-8-13(16)17)14(18)12-6-4-3-5-7-12/h3-7,11H,8-10H2,1-2H3,(H,16,17). The molecule has 0 spiro atoms. The summed E-state index contributed by atoms with van der Waals surface area (Å²) in [5.74, 6) is -0.679. The van der Waals surface area contributed by atoms with Crippen molar-refractivity contribution in [3.63, 3.8) is 0 Å². The van der Waals surface area contributed by atoms with E-state index in [2.05, 4.69) is 0 Å². The topological polar surface area (TPSA) is 57.6 Å². The molecule has 0 saturated heterocycles. The summed E-state index contributed by atoms with van der Waals surface area (Å²) in [6, 6.07) is 8.95. The highest BCUT2D eigenvalue weighted by Gasteiger charge is 2.17. The Hall–Kier alpha value is -1.84. The van der Waals surface area contributed by atoms with Gasteiger partial charge in [-0.25, -0.2) is 0 Å². The smallest absolute Gasteiger partial charge is 0.305 e. The highest BCUT2D eigenvalue weighted by Crippen LogP contribution is 2.08. The predicted molar refractivity (Wildman–Crippen MR) is 69.4 cm³/mol. The van der Waals surface area contributed by atoms with Gasteiger partial charge in [0, 0.05) is 18.7 Å². The van der Waals surface area contributed by atoms with Crippen LogP contribution in [0.3, 0.4) is 0 Å². The monoisotopic (exact) mass is 249 g/mol.